The first kappa shape index (κ1) is 12.2. The molecule has 1 aromatic carbocycles. The van der Waals surface area contributed by atoms with Crippen molar-refractivity contribution < 1.29 is 9.90 Å². The predicted molar refractivity (Wildman–Crippen MR) is 74.5 cm³/mol. The Labute approximate surface area is 114 Å². The maximum atomic E-state index is 10.9. The molecule has 2 heterocycles. The Morgan fingerprint density at radius 1 is 1.20 bits per heavy atom. The Bertz CT molecular complexity index is 764. The highest BCUT2D eigenvalue weighted by Crippen LogP contribution is 2.25. The molecule has 0 bridgehead atoms. The Hall–Kier alpha value is -2.89. The highest BCUT2D eigenvalue weighted by molar-refractivity contribution is 5.88. The fourth-order valence-electron chi connectivity index (χ4n) is 2.05. The minimum atomic E-state index is -0.935. The van der Waals surface area contributed by atoms with Gasteiger partial charge in [-0.1, -0.05) is 0 Å². The van der Waals surface area contributed by atoms with Crippen LogP contribution in [0.1, 0.15) is 10.4 Å². The minimum absolute atomic E-state index is 0.262. The van der Waals surface area contributed by atoms with Crippen LogP contribution in [0.4, 0.5) is 11.5 Å². The molecule has 0 aliphatic carbocycles. The number of carboxylic acid groups (broad SMARTS) is 1. The maximum absolute atomic E-state index is 10.9. The SMILES string of the molecule is CN(c1ccc(C(=O)O)cc1)c1nccn2nccc12. The summed E-state index contributed by atoms with van der Waals surface area (Å²) in [6.45, 7) is 0. The lowest BCUT2D eigenvalue weighted by atomic mass is 10.2. The van der Waals surface area contributed by atoms with Crippen molar-refractivity contribution >= 4 is 23.0 Å². The normalized spacial score (nSPS) is 10.7. The molecule has 0 amide bonds. The molecule has 0 radical (unpaired) electrons. The van der Waals surface area contributed by atoms with E-state index in [0.29, 0.717) is 0 Å². The second kappa shape index (κ2) is 4.65. The summed E-state index contributed by atoms with van der Waals surface area (Å²) in [6.07, 6.45) is 5.17. The highest BCUT2D eigenvalue weighted by atomic mass is 16.4. The zero-order chi connectivity index (χ0) is 14.1. The molecule has 0 saturated heterocycles. The van der Waals surface area contributed by atoms with Gasteiger partial charge in [0, 0.05) is 25.1 Å². The second-order valence-corrected chi connectivity index (χ2v) is 4.32. The van der Waals surface area contributed by atoms with Crippen molar-refractivity contribution in [2.75, 3.05) is 11.9 Å². The quantitative estimate of drug-likeness (QED) is 0.788. The van der Waals surface area contributed by atoms with Gasteiger partial charge in [0.25, 0.3) is 0 Å². The van der Waals surface area contributed by atoms with Gasteiger partial charge >= 0.3 is 5.97 Å². The molecule has 3 rings (SSSR count). The standard InChI is InChI=1S/C14H12N4O2/c1-17(11-4-2-10(3-5-11)14(19)20)13-12-6-7-16-18(12)9-8-15-13/h2-9H,1H3,(H,19,20). The third-order valence-corrected chi connectivity index (χ3v) is 3.12. The predicted octanol–water partition coefficient (Wildman–Crippen LogP) is 2.20. The number of aromatic nitrogens is 3. The van der Waals surface area contributed by atoms with Gasteiger partial charge in [0.2, 0.25) is 0 Å². The van der Waals surface area contributed by atoms with Gasteiger partial charge in [-0.05, 0) is 30.3 Å². The third-order valence-electron chi connectivity index (χ3n) is 3.12. The van der Waals surface area contributed by atoms with Crippen LogP contribution in [0.15, 0.2) is 48.9 Å². The first-order chi connectivity index (χ1) is 9.66. The van der Waals surface area contributed by atoms with Crippen molar-refractivity contribution in [1.29, 1.82) is 0 Å². The van der Waals surface area contributed by atoms with Crippen LogP contribution in [0, 0.1) is 0 Å². The van der Waals surface area contributed by atoms with Gasteiger partial charge in [-0.2, -0.15) is 5.10 Å². The molecule has 0 spiro atoms. The molecular weight excluding hydrogens is 256 g/mol. The average molecular weight is 268 g/mol. The van der Waals surface area contributed by atoms with Crippen LogP contribution in [0.3, 0.4) is 0 Å². The molecular formula is C14H12N4O2. The molecule has 6 nitrogen and oxygen atoms in total. The smallest absolute Gasteiger partial charge is 0.335 e. The van der Waals surface area contributed by atoms with Crippen LogP contribution < -0.4 is 4.90 Å². The van der Waals surface area contributed by atoms with Gasteiger partial charge in [-0.15, -0.1) is 0 Å². The van der Waals surface area contributed by atoms with Crippen molar-refractivity contribution in [2.24, 2.45) is 0 Å². The summed E-state index contributed by atoms with van der Waals surface area (Å²) in [4.78, 5) is 17.1. The van der Waals surface area contributed by atoms with E-state index in [1.165, 1.54) is 0 Å². The van der Waals surface area contributed by atoms with E-state index in [0.717, 1.165) is 17.0 Å². The molecule has 1 N–H and O–H groups in total. The van der Waals surface area contributed by atoms with E-state index < -0.39 is 5.97 Å². The number of hydrogen-bond donors (Lipinski definition) is 1. The number of rotatable bonds is 3. The lowest BCUT2D eigenvalue weighted by Gasteiger charge is -2.19. The van der Waals surface area contributed by atoms with Crippen molar-refractivity contribution in [2.45, 2.75) is 0 Å². The van der Waals surface area contributed by atoms with Crippen molar-refractivity contribution in [3.63, 3.8) is 0 Å². The topological polar surface area (TPSA) is 70.7 Å². The summed E-state index contributed by atoms with van der Waals surface area (Å²) in [5.41, 5.74) is 2.01. The number of aromatic carboxylic acids is 1. The third kappa shape index (κ3) is 1.97. The summed E-state index contributed by atoms with van der Waals surface area (Å²) >= 11 is 0. The molecule has 0 saturated carbocycles. The Kier molecular flexibility index (Phi) is 2.83. The second-order valence-electron chi connectivity index (χ2n) is 4.32. The van der Waals surface area contributed by atoms with Gasteiger partial charge in [0.05, 0.1) is 11.8 Å². The molecule has 0 atom stereocenters. The zero-order valence-electron chi connectivity index (χ0n) is 10.8. The number of fused-ring (bicyclic) bond motifs is 1. The monoisotopic (exact) mass is 268 g/mol. The summed E-state index contributed by atoms with van der Waals surface area (Å²) in [6, 6.07) is 8.54. The minimum Gasteiger partial charge on any atom is -0.478 e. The lowest BCUT2D eigenvalue weighted by molar-refractivity contribution is 0.0697. The number of benzene rings is 1. The van der Waals surface area contributed by atoms with Gasteiger partial charge in [-0.3, -0.25) is 0 Å². The molecule has 0 unspecified atom stereocenters. The lowest BCUT2D eigenvalue weighted by Crippen LogP contribution is -2.12. The Morgan fingerprint density at radius 2 is 1.95 bits per heavy atom. The largest absolute Gasteiger partial charge is 0.478 e. The summed E-state index contributed by atoms with van der Waals surface area (Å²) in [5, 5.41) is 13.1. The zero-order valence-corrected chi connectivity index (χ0v) is 10.8. The fourth-order valence-corrected chi connectivity index (χ4v) is 2.05. The van der Waals surface area contributed by atoms with E-state index in [-0.39, 0.29) is 5.56 Å². The van der Waals surface area contributed by atoms with Crippen molar-refractivity contribution in [1.82, 2.24) is 14.6 Å². The highest BCUT2D eigenvalue weighted by Gasteiger charge is 2.11. The van der Waals surface area contributed by atoms with Gasteiger partial charge < -0.3 is 10.0 Å². The maximum Gasteiger partial charge on any atom is 0.335 e. The van der Waals surface area contributed by atoms with Crippen LogP contribution in [-0.2, 0) is 0 Å². The number of hydrogen-bond acceptors (Lipinski definition) is 4. The van der Waals surface area contributed by atoms with E-state index in [1.54, 1.807) is 47.4 Å². The number of anilines is 2. The van der Waals surface area contributed by atoms with Crippen molar-refractivity contribution in [3.05, 3.63) is 54.5 Å². The molecule has 0 fully saturated rings. The molecule has 0 aliphatic heterocycles. The van der Waals surface area contributed by atoms with Gasteiger partial charge in [-0.25, -0.2) is 14.3 Å². The van der Waals surface area contributed by atoms with Crippen LogP contribution in [0.2, 0.25) is 0 Å². The van der Waals surface area contributed by atoms with E-state index in [2.05, 4.69) is 10.1 Å². The molecule has 3 aromatic rings. The van der Waals surface area contributed by atoms with Crippen LogP contribution in [-0.4, -0.2) is 32.7 Å². The first-order valence-electron chi connectivity index (χ1n) is 6.02. The molecule has 6 heteroatoms. The number of carbonyl (C=O) groups is 1. The molecule has 2 aromatic heterocycles. The molecule has 0 aliphatic rings. The van der Waals surface area contributed by atoms with Gasteiger partial charge in [0.15, 0.2) is 5.82 Å². The fraction of sp³-hybridized carbons (Fsp3) is 0.0714. The van der Waals surface area contributed by atoms with Crippen molar-refractivity contribution in [3.8, 4) is 0 Å². The van der Waals surface area contributed by atoms with Gasteiger partial charge in [0.1, 0.15) is 5.52 Å². The summed E-state index contributed by atoms with van der Waals surface area (Å²) < 4.78 is 1.74. The molecule has 20 heavy (non-hydrogen) atoms. The van der Waals surface area contributed by atoms with E-state index in [9.17, 15) is 4.79 Å². The summed E-state index contributed by atoms with van der Waals surface area (Å²) in [7, 11) is 1.88. The molecule has 100 valence electrons. The van der Waals surface area contributed by atoms with Crippen LogP contribution in [0.5, 0.6) is 0 Å². The Morgan fingerprint density at radius 3 is 2.65 bits per heavy atom. The van der Waals surface area contributed by atoms with E-state index in [4.69, 9.17) is 5.11 Å². The number of carboxylic acids is 1. The van der Waals surface area contributed by atoms with Crippen LogP contribution >= 0.6 is 0 Å². The van der Waals surface area contributed by atoms with E-state index >= 15 is 0 Å². The summed E-state index contributed by atoms with van der Waals surface area (Å²) in [5.74, 6) is -0.178. The Balaban J connectivity index is 2.01. The van der Waals surface area contributed by atoms with Crippen LogP contribution in [0.25, 0.3) is 5.52 Å². The van der Waals surface area contributed by atoms with E-state index in [1.807, 2.05) is 18.0 Å². The number of nitrogens with zero attached hydrogens (tertiary/aromatic N) is 4. The average Bonchev–Trinajstić information content (AvgIpc) is 2.95. The first-order valence-corrected chi connectivity index (χ1v) is 6.02.